The van der Waals surface area contributed by atoms with Crippen molar-refractivity contribution in [3.8, 4) is 0 Å². The van der Waals surface area contributed by atoms with Crippen LogP contribution in [0.15, 0.2) is 18.2 Å². The highest BCUT2D eigenvalue weighted by atomic mass is 127. The van der Waals surface area contributed by atoms with Gasteiger partial charge in [0.25, 0.3) is 5.91 Å². The molecule has 2 rings (SSSR count). The third-order valence-electron chi connectivity index (χ3n) is 4.06. The van der Waals surface area contributed by atoms with E-state index in [-0.39, 0.29) is 5.91 Å². The second-order valence-electron chi connectivity index (χ2n) is 5.84. The molecule has 1 saturated heterocycles. The highest BCUT2D eigenvalue weighted by Crippen LogP contribution is 2.17. The van der Waals surface area contributed by atoms with Gasteiger partial charge in [0.15, 0.2) is 0 Å². The summed E-state index contributed by atoms with van der Waals surface area (Å²) < 4.78 is 0.935. The summed E-state index contributed by atoms with van der Waals surface area (Å²) in [5.41, 5.74) is 0.668. The van der Waals surface area contributed by atoms with Gasteiger partial charge in [-0.05, 0) is 86.1 Å². The Morgan fingerprint density at radius 1 is 1.18 bits per heavy atom. The zero-order valence-electron chi connectivity index (χ0n) is 12.9. The second-order valence-corrected chi connectivity index (χ2v) is 7.44. The molecule has 0 aromatic heterocycles. The van der Waals surface area contributed by atoms with E-state index in [4.69, 9.17) is 11.6 Å². The third-order valence-corrected chi connectivity index (χ3v) is 5.23. The van der Waals surface area contributed by atoms with Gasteiger partial charge in [-0.2, -0.15) is 0 Å². The fourth-order valence-corrected chi connectivity index (χ4v) is 3.54. The van der Waals surface area contributed by atoms with Crippen molar-refractivity contribution in [3.05, 3.63) is 32.4 Å². The molecule has 122 valence electrons. The van der Waals surface area contributed by atoms with E-state index in [0.29, 0.717) is 10.6 Å². The minimum Gasteiger partial charge on any atom is -0.352 e. The van der Waals surface area contributed by atoms with Crippen LogP contribution < -0.4 is 5.32 Å². The van der Waals surface area contributed by atoms with Crippen LogP contribution in [-0.2, 0) is 0 Å². The molecule has 1 aromatic rings. The summed E-state index contributed by atoms with van der Waals surface area (Å²) in [5.74, 6) is -0.0251. The van der Waals surface area contributed by atoms with Crippen LogP contribution in [0, 0.1) is 3.57 Å². The van der Waals surface area contributed by atoms with Gasteiger partial charge in [-0.15, -0.1) is 0 Å². The van der Waals surface area contributed by atoms with Crippen molar-refractivity contribution >= 4 is 40.1 Å². The number of carbonyl (C=O) groups excluding carboxylic acids is 1. The van der Waals surface area contributed by atoms with Gasteiger partial charge < -0.3 is 10.2 Å². The van der Waals surface area contributed by atoms with Gasteiger partial charge in [-0.1, -0.05) is 24.4 Å². The molecule has 5 heteroatoms. The number of hydrogen-bond acceptors (Lipinski definition) is 2. The Morgan fingerprint density at radius 3 is 2.73 bits per heavy atom. The van der Waals surface area contributed by atoms with E-state index in [9.17, 15) is 4.79 Å². The molecular weight excluding hydrogens is 411 g/mol. The van der Waals surface area contributed by atoms with Gasteiger partial charge in [0, 0.05) is 15.1 Å². The summed E-state index contributed by atoms with van der Waals surface area (Å²) in [7, 11) is 0. The first-order chi connectivity index (χ1) is 10.7. The smallest absolute Gasteiger partial charge is 0.252 e. The van der Waals surface area contributed by atoms with E-state index in [1.54, 1.807) is 12.1 Å². The largest absolute Gasteiger partial charge is 0.352 e. The molecule has 0 bridgehead atoms. The van der Waals surface area contributed by atoms with Gasteiger partial charge >= 0.3 is 0 Å². The number of rotatable bonds is 7. The van der Waals surface area contributed by atoms with E-state index >= 15 is 0 Å². The average molecular weight is 435 g/mol. The van der Waals surface area contributed by atoms with E-state index in [0.717, 1.165) is 16.5 Å². The van der Waals surface area contributed by atoms with Crippen LogP contribution in [0.2, 0.25) is 5.02 Å². The molecule has 1 aromatic carbocycles. The van der Waals surface area contributed by atoms with Crippen LogP contribution in [0.25, 0.3) is 0 Å². The van der Waals surface area contributed by atoms with E-state index in [1.807, 2.05) is 6.07 Å². The molecule has 0 unspecified atom stereocenters. The normalized spacial score (nSPS) is 15.7. The van der Waals surface area contributed by atoms with Crippen molar-refractivity contribution in [2.45, 2.75) is 38.5 Å². The summed E-state index contributed by atoms with van der Waals surface area (Å²) in [6.45, 7) is 4.48. The summed E-state index contributed by atoms with van der Waals surface area (Å²) in [6, 6.07) is 5.41. The highest BCUT2D eigenvalue weighted by molar-refractivity contribution is 14.1. The fourth-order valence-electron chi connectivity index (χ4n) is 2.79. The molecule has 3 nitrogen and oxygen atoms in total. The standard InChI is InChI=1S/C17H24ClIN2O/c18-14-7-8-16(19)15(13-14)17(22)20-9-3-1-4-10-21-11-5-2-6-12-21/h7-8,13H,1-6,9-12H2,(H,20,22). The van der Waals surface area contributed by atoms with Crippen LogP contribution in [0.5, 0.6) is 0 Å². The number of nitrogens with zero attached hydrogens (tertiary/aromatic N) is 1. The first-order valence-corrected chi connectivity index (χ1v) is 9.58. The fraction of sp³-hybridized carbons (Fsp3) is 0.588. The first kappa shape index (κ1) is 18.0. The van der Waals surface area contributed by atoms with E-state index in [2.05, 4.69) is 32.8 Å². The molecule has 0 saturated carbocycles. The van der Waals surface area contributed by atoms with Crippen molar-refractivity contribution in [2.75, 3.05) is 26.2 Å². The molecule has 1 aliphatic rings. The maximum atomic E-state index is 12.1. The number of benzene rings is 1. The van der Waals surface area contributed by atoms with Crippen molar-refractivity contribution in [1.29, 1.82) is 0 Å². The molecule has 0 atom stereocenters. The molecular formula is C17H24ClIN2O. The van der Waals surface area contributed by atoms with Gasteiger partial charge in [-0.25, -0.2) is 0 Å². The lowest BCUT2D eigenvalue weighted by Gasteiger charge is -2.26. The van der Waals surface area contributed by atoms with Gasteiger partial charge in [-0.3, -0.25) is 4.79 Å². The van der Waals surface area contributed by atoms with Crippen molar-refractivity contribution in [3.63, 3.8) is 0 Å². The first-order valence-electron chi connectivity index (χ1n) is 8.12. The highest BCUT2D eigenvalue weighted by Gasteiger charge is 2.10. The number of nitrogens with one attached hydrogen (secondary N) is 1. The topological polar surface area (TPSA) is 32.3 Å². The molecule has 1 fully saturated rings. The van der Waals surface area contributed by atoms with Crippen LogP contribution in [0.3, 0.4) is 0 Å². The van der Waals surface area contributed by atoms with Crippen molar-refractivity contribution in [1.82, 2.24) is 10.2 Å². The van der Waals surface area contributed by atoms with Crippen LogP contribution >= 0.6 is 34.2 Å². The van der Waals surface area contributed by atoms with Crippen molar-refractivity contribution < 1.29 is 4.79 Å². The zero-order chi connectivity index (χ0) is 15.8. The minimum absolute atomic E-state index is 0.0251. The lowest BCUT2D eigenvalue weighted by molar-refractivity contribution is 0.0952. The van der Waals surface area contributed by atoms with E-state index < -0.39 is 0 Å². The average Bonchev–Trinajstić information content (AvgIpc) is 2.54. The quantitative estimate of drug-likeness (QED) is 0.512. The molecule has 22 heavy (non-hydrogen) atoms. The van der Waals surface area contributed by atoms with Gasteiger partial charge in [0.2, 0.25) is 0 Å². The lowest BCUT2D eigenvalue weighted by Crippen LogP contribution is -2.30. The number of likely N-dealkylation sites (tertiary alicyclic amines) is 1. The predicted octanol–water partition coefficient (Wildman–Crippen LogP) is 4.33. The maximum absolute atomic E-state index is 12.1. The molecule has 1 aliphatic heterocycles. The number of unbranched alkanes of at least 4 members (excludes halogenated alkanes) is 2. The number of piperidine rings is 1. The lowest BCUT2D eigenvalue weighted by atomic mass is 10.1. The summed E-state index contributed by atoms with van der Waals surface area (Å²) >= 11 is 8.12. The molecule has 1 amide bonds. The molecule has 0 radical (unpaired) electrons. The van der Waals surface area contributed by atoms with Gasteiger partial charge in [0.05, 0.1) is 5.56 Å². The Morgan fingerprint density at radius 2 is 1.95 bits per heavy atom. The van der Waals surface area contributed by atoms with Crippen LogP contribution in [0.4, 0.5) is 0 Å². The summed E-state index contributed by atoms with van der Waals surface area (Å²) in [4.78, 5) is 14.7. The maximum Gasteiger partial charge on any atom is 0.252 e. The third kappa shape index (κ3) is 6.05. The Hall–Kier alpha value is -0.330. The van der Waals surface area contributed by atoms with Gasteiger partial charge in [0.1, 0.15) is 0 Å². The SMILES string of the molecule is O=C(NCCCCCN1CCCCC1)c1cc(Cl)ccc1I. The Bertz CT molecular complexity index is 490. The molecule has 0 spiro atoms. The van der Waals surface area contributed by atoms with E-state index in [1.165, 1.54) is 51.7 Å². The second kappa shape index (κ2) is 9.73. The number of carbonyl (C=O) groups is 1. The zero-order valence-corrected chi connectivity index (χ0v) is 15.8. The minimum atomic E-state index is -0.0251. The number of halogens is 2. The Balaban J connectivity index is 1.60. The van der Waals surface area contributed by atoms with Crippen LogP contribution in [0.1, 0.15) is 48.9 Å². The van der Waals surface area contributed by atoms with Crippen LogP contribution in [-0.4, -0.2) is 37.0 Å². The summed E-state index contributed by atoms with van der Waals surface area (Å²) in [5, 5.41) is 3.59. The van der Waals surface area contributed by atoms with Crippen molar-refractivity contribution in [2.24, 2.45) is 0 Å². The number of amides is 1. The Labute approximate surface area is 151 Å². The number of hydrogen-bond donors (Lipinski definition) is 1. The molecule has 0 aliphatic carbocycles. The predicted molar refractivity (Wildman–Crippen MR) is 101 cm³/mol. The monoisotopic (exact) mass is 434 g/mol. The Kier molecular flexibility index (Phi) is 7.97. The molecule has 1 heterocycles. The molecule has 1 N–H and O–H groups in total. The summed E-state index contributed by atoms with van der Waals surface area (Å²) in [6.07, 6.45) is 7.54.